The van der Waals surface area contributed by atoms with E-state index in [1.54, 1.807) is 0 Å². The Kier molecular flexibility index (Phi) is 3.72. The van der Waals surface area contributed by atoms with Gasteiger partial charge in [-0.3, -0.25) is 0 Å². The summed E-state index contributed by atoms with van der Waals surface area (Å²) in [5.74, 6) is 1.66. The number of benzene rings is 3. The molecule has 0 aromatic heterocycles. The maximum Gasteiger partial charge on any atom is 0.160 e. The summed E-state index contributed by atoms with van der Waals surface area (Å²) >= 11 is 0. The van der Waals surface area contributed by atoms with Gasteiger partial charge >= 0.3 is 0 Å². The zero-order chi connectivity index (χ0) is 17.6. The van der Waals surface area contributed by atoms with E-state index in [0.717, 1.165) is 51.8 Å². The zero-order valence-electron chi connectivity index (χ0n) is 15.0. The summed E-state index contributed by atoms with van der Waals surface area (Å²) in [5.41, 5.74) is 3.16. The normalized spacial score (nSPS) is 12.1. The first-order valence-corrected chi connectivity index (χ1v) is 8.79. The quantitative estimate of drug-likeness (QED) is 0.554. The molecule has 0 fully saturated rings. The summed E-state index contributed by atoms with van der Waals surface area (Å²) in [7, 11) is 0. The molecule has 3 aromatic carbocycles. The van der Waals surface area contributed by atoms with E-state index >= 15 is 0 Å². The van der Waals surface area contributed by atoms with Crippen molar-refractivity contribution in [2.45, 2.75) is 20.8 Å². The number of fused-ring (bicyclic) bond motifs is 4. The predicted molar refractivity (Wildman–Crippen MR) is 105 cm³/mol. The molecule has 4 rings (SSSR count). The van der Waals surface area contributed by atoms with Gasteiger partial charge in [0.1, 0.15) is 11.0 Å². The minimum Gasteiger partial charge on any atom is -0.452 e. The number of anilines is 1. The minimum absolute atomic E-state index is 0.820. The van der Waals surface area contributed by atoms with Gasteiger partial charge in [0.2, 0.25) is 0 Å². The highest BCUT2D eigenvalue weighted by Crippen LogP contribution is 2.41. The van der Waals surface area contributed by atoms with E-state index in [-0.39, 0.29) is 0 Å². The number of hydrogen-bond donors (Lipinski definition) is 0. The van der Waals surface area contributed by atoms with Crippen LogP contribution < -0.4 is 20.2 Å². The van der Waals surface area contributed by atoms with E-state index in [1.165, 1.54) is 11.1 Å². The van der Waals surface area contributed by atoms with Gasteiger partial charge in [0.25, 0.3) is 0 Å². The number of nitrogens with zero attached hydrogens (tertiary/aromatic N) is 2. The number of rotatable bonds is 3. The van der Waals surface area contributed by atoms with Crippen molar-refractivity contribution in [1.82, 2.24) is 0 Å². The van der Waals surface area contributed by atoms with Crippen LogP contribution in [0.1, 0.15) is 19.4 Å². The average molecular weight is 330 g/mol. The van der Waals surface area contributed by atoms with Gasteiger partial charge in [0.15, 0.2) is 11.5 Å². The lowest BCUT2D eigenvalue weighted by Crippen LogP contribution is -2.21. The SMILES string of the molecule is C=c1ccc2c(c1C)Oc1c(ccc3cc(N(CC)CC)ccc13)N=2. The summed E-state index contributed by atoms with van der Waals surface area (Å²) in [6.45, 7) is 12.5. The van der Waals surface area contributed by atoms with Crippen LogP contribution in [0.15, 0.2) is 47.5 Å². The highest BCUT2D eigenvalue weighted by atomic mass is 16.5. The van der Waals surface area contributed by atoms with Gasteiger partial charge < -0.3 is 9.64 Å². The lowest BCUT2D eigenvalue weighted by molar-refractivity contribution is 0.471. The second-order valence-corrected chi connectivity index (χ2v) is 6.40. The molecule has 0 saturated carbocycles. The van der Waals surface area contributed by atoms with Gasteiger partial charge in [-0.1, -0.05) is 18.7 Å². The van der Waals surface area contributed by atoms with Gasteiger partial charge in [0, 0.05) is 29.7 Å². The van der Waals surface area contributed by atoms with Crippen LogP contribution in [0.3, 0.4) is 0 Å². The largest absolute Gasteiger partial charge is 0.452 e. The van der Waals surface area contributed by atoms with Crippen molar-refractivity contribution in [1.29, 1.82) is 0 Å². The summed E-state index contributed by atoms with van der Waals surface area (Å²) < 4.78 is 6.31. The van der Waals surface area contributed by atoms with Crippen molar-refractivity contribution >= 4 is 28.7 Å². The van der Waals surface area contributed by atoms with Crippen molar-refractivity contribution in [2.24, 2.45) is 4.99 Å². The Bertz CT molecular complexity index is 1080. The number of ether oxygens (including phenoxy) is 1. The lowest BCUT2D eigenvalue weighted by Gasteiger charge is -2.22. The van der Waals surface area contributed by atoms with E-state index in [0.29, 0.717) is 0 Å². The third kappa shape index (κ3) is 2.47. The molecule has 0 aliphatic carbocycles. The fourth-order valence-corrected chi connectivity index (χ4v) is 3.42. The summed E-state index contributed by atoms with van der Waals surface area (Å²) in [4.78, 5) is 7.13. The van der Waals surface area contributed by atoms with Crippen LogP contribution in [0.4, 0.5) is 11.4 Å². The van der Waals surface area contributed by atoms with E-state index in [4.69, 9.17) is 9.73 Å². The molecule has 0 amide bonds. The molecule has 0 bridgehead atoms. The van der Waals surface area contributed by atoms with E-state index in [9.17, 15) is 0 Å². The summed E-state index contributed by atoms with van der Waals surface area (Å²) in [6, 6.07) is 14.7. The van der Waals surface area contributed by atoms with Gasteiger partial charge in [-0.2, -0.15) is 0 Å². The monoisotopic (exact) mass is 330 g/mol. The van der Waals surface area contributed by atoms with Crippen molar-refractivity contribution in [3.05, 3.63) is 58.6 Å². The van der Waals surface area contributed by atoms with Crippen LogP contribution >= 0.6 is 0 Å². The molecular weight excluding hydrogens is 308 g/mol. The predicted octanol–water partition coefficient (Wildman–Crippen LogP) is 4.46. The van der Waals surface area contributed by atoms with Crippen LogP contribution in [-0.2, 0) is 0 Å². The number of hydrogen-bond acceptors (Lipinski definition) is 3. The Morgan fingerprint density at radius 1 is 1.00 bits per heavy atom. The fraction of sp³-hybridized carbons (Fsp3) is 0.227. The molecule has 3 nitrogen and oxygen atoms in total. The first-order chi connectivity index (χ1) is 12.1. The molecule has 0 unspecified atom stereocenters. The molecule has 3 heteroatoms. The Balaban J connectivity index is 1.91. The molecule has 0 N–H and O–H groups in total. The molecule has 3 aromatic rings. The average Bonchev–Trinajstić information content (AvgIpc) is 2.64. The Morgan fingerprint density at radius 3 is 2.56 bits per heavy atom. The molecule has 0 saturated heterocycles. The fourth-order valence-electron chi connectivity index (χ4n) is 3.42. The van der Waals surface area contributed by atoms with E-state index < -0.39 is 0 Å². The Hall–Kier alpha value is -2.81. The second kappa shape index (κ2) is 5.92. The molecule has 126 valence electrons. The molecule has 0 radical (unpaired) electrons. The van der Waals surface area contributed by atoms with Crippen LogP contribution in [-0.4, -0.2) is 13.1 Å². The third-order valence-electron chi connectivity index (χ3n) is 5.00. The first kappa shape index (κ1) is 15.7. The van der Waals surface area contributed by atoms with Crippen molar-refractivity contribution < 1.29 is 4.74 Å². The van der Waals surface area contributed by atoms with Crippen molar-refractivity contribution in [3.8, 4) is 11.5 Å². The van der Waals surface area contributed by atoms with E-state index in [1.807, 2.05) is 25.1 Å². The minimum atomic E-state index is 0.820. The third-order valence-corrected chi connectivity index (χ3v) is 5.00. The van der Waals surface area contributed by atoms with Crippen LogP contribution in [0.2, 0.25) is 0 Å². The smallest absolute Gasteiger partial charge is 0.160 e. The highest BCUT2D eigenvalue weighted by Gasteiger charge is 2.18. The van der Waals surface area contributed by atoms with Crippen molar-refractivity contribution in [3.63, 3.8) is 0 Å². The Labute approximate surface area is 147 Å². The zero-order valence-corrected chi connectivity index (χ0v) is 15.0. The van der Waals surface area contributed by atoms with Crippen molar-refractivity contribution in [2.75, 3.05) is 18.0 Å². The molecule has 1 heterocycles. The molecule has 1 aliphatic rings. The molecular formula is C22H22N2O. The van der Waals surface area contributed by atoms with Gasteiger partial charge in [-0.15, -0.1) is 0 Å². The van der Waals surface area contributed by atoms with Gasteiger partial charge in [0.05, 0.1) is 0 Å². The summed E-state index contributed by atoms with van der Waals surface area (Å²) in [6.07, 6.45) is 0. The van der Waals surface area contributed by atoms with Gasteiger partial charge in [-0.25, -0.2) is 4.99 Å². The summed E-state index contributed by atoms with van der Waals surface area (Å²) in [5, 5.41) is 4.11. The second-order valence-electron chi connectivity index (χ2n) is 6.40. The molecule has 0 atom stereocenters. The van der Waals surface area contributed by atoms with Crippen LogP contribution in [0.25, 0.3) is 17.4 Å². The highest BCUT2D eigenvalue weighted by molar-refractivity contribution is 5.95. The topological polar surface area (TPSA) is 24.8 Å². The maximum atomic E-state index is 6.31. The molecule has 0 spiro atoms. The standard InChI is InChI=1S/C22H22N2O/c1-5-24(6-2)17-9-10-18-16(13-17)8-12-20-22(18)25-21-15(4)14(3)7-11-19(21)23-20/h7-13H,3,5-6H2,1-2,4H3. The van der Waals surface area contributed by atoms with Gasteiger partial charge in [-0.05, 0) is 61.7 Å². The maximum absolute atomic E-state index is 6.31. The van der Waals surface area contributed by atoms with Crippen LogP contribution in [0, 0.1) is 6.92 Å². The Morgan fingerprint density at radius 2 is 1.80 bits per heavy atom. The lowest BCUT2D eigenvalue weighted by atomic mass is 10.1. The molecule has 1 aliphatic heterocycles. The first-order valence-electron chi connectivity index (χ1n) is 8.79. The molecule has 25 heavy (non-hydrogen) atoms. The van der Waals surface area contributed by atoms with E-state index in [2.05, 4.69) is 49.6 Å². The van der Waals surface area contributed by atoms with Crippen LogP contribution in [0.5, 0.6) is 11.5 Å².